The minimum atomic E-state index is -0.875. The Labute approximate surface area is 203 Å². The second-order valence-corrected chi connectivity index (χ2v) is 9.21. The number of ether oxygens (including phenoxy) is 2. The van der Waals surface area contributed by atoms with Crippen molar-refractivity contribution in [2.75, 3.05) is 13.2 Å². The van der Waals surface area contributed by atoms with Crippen LogP contribution in [0.4, 0.5) is 4.79 Å². The van der Waals surface area contributed by atoms with Crippen LogP contribution >= 0.6 is 0 Å². The third kappa shape index (κ3) is 4.79. The van der Waals surface area contributed by atoms with Crippen molar-refractivity contribution in [3.05, 3.63) is 71.8 Å². The summed E-state index contributed by atoms with van der Waals surface area (Å²) < 4.78 is 11.2. The molecule has 0 radical (unpaired) electrons. The summed E-state index contributed by atoms with van der Waals surface area (Å²) in [4.78, 5) is 36.7. The summed E-state index contributed by atoms with van der Waals surface area (Å²) in [5.74, 6) is -1.82. The normalized spacial score (nSPS) is 24.9. The molecule has 8 heteroatoms. The lowest BCUT2D eigenvalue weighted by molar-refractivity contribution is -0.142. The van der Waals surface area contributed by atoms with E-state index in [2.05, 4.69) is 34.9 Å². The van der Waals surface area contributed by atoms with Gasteiger partial charge in [-0.15, -0.1) is 0 Å². The number of fused-ring (bicyclic) bond motifs is 3. The van der Waals surface area contributed by atoms with Crippen LogP contribution in [0.1, 0.15) is 36.3 Å². The van der Waals surface area contributed by atoms with Crippen molar-refractivity contribution in [2.45, 2.75) is 43.4 Å². The van der Waals surface area contributed by atoms with E-state index in [-0.39, 0.29) is 24.5 Å². The monoisotopic (exact) mass is 476 g/mol. The van der Waals surface area contributed by atoms with Crippen molar-refractivity contribution in [3.63, 3.8) is 0 Å². The van der Waals surface area contributed by atoms with Gasteiger partial charge in [-0.2, -0.15) is 0 Å². The number of benzene rings is 2. The molecule has 0 spiro atoms. The molecule has 182 valence electrons. The highest BCUT2D eigenvalue weighted by Crippen LogP contribution is 2.44. The minimum Gasteiger partial charge on any atom is -0.481 e. The van der Waals surface area contributed by atoms with Crippen LogP contribution < -0.4 is 10.6 Å². The van der Waals surface area contributed by atoms with E-state index >= 15 is 0 Å². The predicted octanol–water partition coefficient (Wildman–Crippen LogP) is 3.22. The molecule has 0 aromatic heterocycles. The van der Waals surface area contributed by atoms with E-state index in [1.54, 1.807) is 12.2 Å². The molecule has 3 aliphatic rings. The first-order valence-corrected chi connectivity index (χ1v) is 11.9. The molecule has 2 amide bonds. The highest BCUT2D eigenvalue weighted by Gasteiger charge is 2.37. The molecule has 2 aliphatic carbocycles. The average Bonchev–Trinajstić information content (AvgIpc) is 3.45. The fourth-order valence-corrected chi connectivity index (χ4v) is 5.25. The van der Waals surface area contributed by atoms with Crippen molar-refractivity contribution in [3.8, 4) is 11.1 Å². The van der Waals surface area contributed by atoms with Gasteiger partial charge in [0.2, 0.25) is 0 Å². The first-order valence-electron chi connectivity index (χ1n) is 11.9. The third-order valence-corrected chi connectivity index (χ3v) is 7.00. The molecule has 0 bridgehead atoms. The first-order chi connectivity index (χ1) is 17.0. The number of carbonyl (C=O) groups is 3. The molecule has 0 saturated carbocycles. The van der Waals surface area contributed by atoms with Gasteiger partial charge in [0.1, 0.15) is 6.61 Å². The van der Waals surface area contributed by atoms with E-state index in [0.717, 1.165) is 22.3 Å². The zero-order chi connectivity index (χ0) is 24.4. The molecule has 2 aromatic rings. The van der Waals surface area contributed by atoms with Crippen LogP contribution in [0.5, 0.6) is 0 Å². The van der Waals surface area contributed by atoms with Gasteiger partial charge < -0.3 is 25.2 Å². The summed E-state index contributed by atoms with van der Waals surface area (Å²) in [5, 5.41) is 14.9. The Hall–Kier alpha value is -3.65. The fourth-order valence-electron chi connectivity index (χ4n) is 5.25. The summed E-state index contributed by atoms with van der Waals surface area (Å²) >= 11 is 0. The molecule has 5 rings (SSSR count). The number of amides is 2. The number of hydrogen-bond acceptors (Lipinski definition) is 5. The lowest BCUT2D eigenvalue weighted by atomic mass is 9.91. The molecule has 4 atom stereocenters. The quantitative estimate of drug-likeness (QED) is 0.552. The van der Waals surface area contributed by atoms with Crippen molar-refractivity contribution < 1.29 is 29.0 Å². The van der Waals surface area contributed by atoms with Crippen molar-refractivity contribution >= 4 is 18.0 Å². The SMILES string of the molecule is O=C(NC1CCOC1C(=O)N[C@@H]1C=CC[C@@H](C(=O)O)C1)OCC1c2ccccc2-c2ccccc21. The van der Waals surface area contributed by atoms with E-state index in [1.807, 2.05) is 24.3 Å². The standard InChI is InChI=1S/C27H28N2O6/c30-25(28-17-7-5-6-16(14-17)26(31)32)24-23(12-13-34-24)29-27(33)35-15-22-20-10-3-1-8-18(20)19-9-2-4-11-21(19)22/h1-5,7-11,16-17,22-24H,6,12-15H2,(H,28,30)(H,29,33)(H,31,32)/t16-,17-,23?,24?/m1/s1. The lowest BCUT2D eigenvalue weighted by Gasteiger charge is -2.25. The maximum atomic E-state index is 12.8. The highest BCUT2D eigenvalue weighted by molar-refractivity contribution is 5.83. The zero-order valence-electron chi connectivity index (χ0n) is 19.2. The number of aliphatic carboxylic acids is 1. The molecule has 1 aliphatic heterocycles. The maximum absolute atomic E-state index is 12.8. The number of carboxylic acids is 1. The smallest absolute Gasteiger partial charge is 0.407 e. The molecule has 2 unspecified atom stereocenters. The Kier molecular flexibility index (Phi) is 6.55. The van der Waals surface area contributed by atoms with Gasteiger partial charge in [0.05, 0.1) is 12.0 Å². The van der Waals surface area contributed by atoms with Gasteiger partial charge in [0.15, 0.2) is 6.10 Å². The van der Waals surface area contributed by atoms with Crippen LogP contribution in [-0.2, 0) is 19.1 Å². The van der Waals surface area contributed by atoms with E-state index in [1.165, 1.54) is 0 Å². The van der Waals surface area contributed by atoms with Gasteiger partial charge in [-0.3, -0.25) is 9.59 Å². The van der Waals surface area contributed by atoms with Gasteiger partial charge in [-0.25, -0.2) is 4.79 Å². The van der Waals surface area contributed by atoms with E-state index in [0.29, 0.717) is 25.9 Å². The van der Waals surface area contributed by atoms with Gasteiger partial charge in [-0.05, 0) is 41.5 Å². The summed E-state index contributed by atoms with van der Waals surface area (Å²) in [6, 6.07) is 15.3. The Balaban J connectivity index is 1.17. The van der Waals surface area contributed by atoms with Gasteiger partial charge in [0, 0.05) is 18.6 Å². The number of hydrogen-bond donors (Lipinski definition) is 3. The fraction of sp³-hybridized carbons (Fsp3) is 0.370. The van der Waals surface area contributed by atoms with E-state index < -0.39 is 30.1 Å². The van der Waals surface area contributed by atoms with Crippen LogP contribution in [0.15, 0.2) is 60.7 Å². The number of nitrogens with one attached hydrogen (secondary N) is 2. The molecule has 1 heterocycles. The van der Waals surface area contributed by atoms with Gasteiger partial charge in [-0.1, -0.05) is 60.7 Å². The molecule has 8 nitrogen and oxygen atoms in total. The number of allylic oxidation sites excluding steroid dienone is 1. The molecule has 2 aromatic carbocycles. The van der Waals surface area contributed by atoms with Crippen LogP contribution in [0.25, 0.3) is 11.1 Å². The lowest BCUT2D eigenvalue weighted by Crippen LogP contribution is -2.51. The number of rotatable bonds is 6. The Morgan fingerprint density at radius 3 is 2.37 bits per heavy atom. The number of alkyl carbamates (subject to hydrolysis) is 1. The Morgan fingerprint density at radius 1 is 1.00 bits per heavy atom. The highest BCUT2D eigenvalue weighted by atomic mass is 16.6. The molecule has 1 saturated heterocycles. The van der Waals surface area contributed by atoms with Crippen molar-refractivity contribution in [1.29, 1.82) is 0 Å². The van der Waals surface area contributed by atoms with E-state index in [4.69, 9.17) is 9.47 Å². The van der Waals surface area contributed by atoms with E-state index in [9.17, 15) is 19.5 Å². The van der Waals surface area contributed by atoms with Crippen LogP contribution in [-0.4, -0.2) is 54.5 Å². The van der Waals surface area contributed by atoms with Crippen LogP contribution in [0, 0.1) is 5.92 Å². The Morgan fingerprint density at radius 2 is 1.69 bits per heavy atom. The molecule has 1 fully saturated rings. The number of carbonyl (C=O) groups excluding carboxylic acids is 2. The largest absolute Gasteiger partial charge is 0.481 e. The summed E-state index contributed by atoms with van der Waals surface area (Å²) in [7, 11) is 0. The second kappa shape index (κ2) is 9.92. The van der Waals surface area contributed by atoms with Crippen LogP contribution in [0.3, 0.4) is 0 Å². The van der Waals surface area contributed by atoms with Crippen molar-refractivity contribution in [2.24, 2.45) is 5.92 Å². The average molecular weight is 477 g/mol. The molecular weight excluding hydrogens is 448 g/mol. The van der Waals surface area contributed by atoms with Crippen molar-refractivity contribution in [1.82, 2.24) is 10.6 Å². The minimum absolute atomic E-state index is 0.0488. The summed E-state index contributed by atoms with van der Waals surface area (Å²) in [6.45, 7) is 0.526. The second-order valence-electron chi connectivity index (χ2n) is 9.21. The Bertz CT molecular complexity index is 1120. The molecule has 35 heavy (non-hydrogen) atoms. The predicted molar refractivity (Wildman–Crippen MR) is 128 cm³/mol. The van der Waals surface area contributed by atoms with Gasteiger partial charge in [0.25, 0.3) is 5.91 Å². The van der Waals surface area contributed by atoms with Crippen LogP contribution in [0.2, 0.25) is 0 Å². The topological polar surface area (TPSA) is 114 Å². The van der Waals surface area contributed by atoms with Gasteiger partial charge >= 0.3 is 12.1 Å². The molecule has 3 N–H and O–H groups in total. The number of carboxylic acid groups (broad SMARTS) is 1. The third-order valence-electron chi connectivity index (χ3n) is 7.00. The zero-order valence-corrected chi connectivity index (χ0v) is 19.2. The summed E-state index contributed by atoms with van der Waals surface area (Å²) in [5.41, 5.74) is 4.56. The summed E-state index contributed by atoms with van der Waals surface area (Å²) in [6.07, 6.45) is 3.40. The molecular formula is C27H28N2O6. The maximum Gasteiger partial charge on any atom is 0.407 e. The first kappa shape index (κ1) is 23.1.